The van der Waals surface area contributed by atoms with Gasteiger partial charge in [-0.05, 0) is 24.0 Å². The molecule has 6 aromatic carbocycles. The minimum atomic E-state index is -0.826. The van der Waals surface area contributed by atoms with Crippen LogP contribution in [0.2, 0.25) is 13.1 Å². The molecular weight excluding hydrogens is 623 g/mol. The van der Waals surface area contributed by atoms with E-state index in [1.807, 2.05) is 0 Å². The summed E-state index contributed by atoms with van der Waals surface area (Å²) in [6.07, 6.45) is 2.03. The van der Waals surface area contributed by atoms with Crippen LogP contribution in [0.5, 0.6) is 0 Å². The average Bonchev–Trinajstić information content (AvgIpc) is 3.51. The Kier molecular flexibility index (Phi) is 14.2. The first-order chi connectivity index (χ1) is 19.4. The third-order valence-electron chi connectivity index (χ3n) is 6.34. The van der Waals surface area contributed by atoms with Crippen molar-refractivity contribution < 1.29 is 20.8 Å². The Labute approximate surface area is 261 Å². The molecule has 0 spiro atoms. The van der Waals surface area contributed by atoms with Gasteiger partial charge in [-0.3, -0.25) is 0 Å². The van der Waals surface area contributed by atoms with Crippen LogP contribution in [0.4, 0.5) is 0 Å². The molecule has 0 bridgehead atoms. The van der Waals surface area contributed by atoms with Crippen LogP contribution in [0.1, 0.15) is 33.4 Å². The molecule has 0 N–H and O–H groups in total. The van der Waals surface area contributed by atoms with Crippen LogP contribution in [0.25, 0.3) is 21.5 Å². The third kappa shape index (κ3) is 10.6. The van der Waals surface area contributed by atoms with Gasteiger partial charge in [0, 0.05) is 9.52 Å². The molecule has 0 saturated heterocycles. The van der Waals surface area contributed by atoms with E-state index < -0.39 is 20.8 Å². The molecule has 0 aliphatic rings. The molecule has 0 atom stereocenters. The molecule has 6 rings (SSSR count). The van der Waals surface area contributed by atoms with Crippen molar-refractivity contribution in [1.29, 1.82) is 0 Å². The molecule has 4 heteroatoms. The zero-order chi connectivity index (χ0) is 28.7. The Bertz CT molecular complexity index is 1430. The van der Waals surface area contributed by atoms with Gasteiger partial charge in [-0.1, -0.05) is 98.7 Å². The average molecular weight is 659 g/mol. The van der Waals surface area contributed by atoms with E-state index in [0.29, 0.717) is 0 Å². The molecule has 40 heavy (non-hydrogen) atoms. The number of benzene rings is 4. The summed E-state index contributed by atoms with van der Waals surface area (Å²) in [6, 6.07) is 43.7. The summed E-state index contributed by atoms with van der Waals surface area (Å²) < 4.78 is 0. The molecule has 0 unspecified atom stereocenters. The van der Waals surface area contributed by atoms with Crippen molar-refractivity contribution in [3.63, 3.8) is 0 Å². The van der Waals surface area contributed by atoms with Gasteiger partial charge in [0.15, 0.2) is 0 Å². The molecule has 0 amide bonds. The first-order valence-corrected chi connectivity index (χ1v) is 21.7. The molecular formula is C36H36Cl2SiZr. The van der Waals surface area contributed by atoms with Gasteiger partial charge in [0.1, 0.15) is 0 Å². The zero-order valence-electron chi connectivity index (χ0n) is 23.7. The van der Waals surface area contributed by atoms with Crippen LogP contribution in [0, 0.1) is 13.8 Å². The molecule has 2 radical (unpaired) electrons. The van der Waals surface area contributed by atoms with E-state index in [0.717, 1.165) is 22.4 Å². The molecule has 0 fully saturated rings. The van der Waals surface area contributed by atoms with Crippen LogP contribution >= 0.6 is 17.0 Å². The molecule has 0 aliphatic heterocycles. The first kappa shape index (κ1) is 32.3. The Morgan fingerprint density at radius 1 is 0.550 bits per heavy atom. The predicted octanol–water partition coefficient (Wildman–Crippen LogP) is 11.1. The van der Waals surface area contributed by atoms with Gasteiger partial charge in [-0.25, -0.2) is 0 Å². The minimum absolute atomic E-state index is 0.826. The van der Waals surface area contributed by atoms with Crippen molar-refractivity contribution in [3.05, 3.63) is 155 Å². The van der Waals surface area contributed by atoms with E-state index >= 15 is 0 Å². The van der Waals surface area contributed by atoms with Gasteiger partial charge < -0.3 is 0 Å². The van der Waals surface area contributed by atoms with Gasteiger partial charge in [-0.15, -0.1) is 81.2 Å². The first-order valence-electron chi connectivity index (χ1n) is 13.4. The van der Waals surface area contributed by atoms with E-state index in [1.54, 1.807) is 0 Å². The molecule has 0 aromatic heterocycles. The maximum absolute atomic E-state index is 4.93. The Morgan fingerprint density at radius 2 is 0.900 bits per heavy atom. The Balaban J connectivity index is 0.000000185. The molecule has 0 aliphatic carbocycles. The van der Waals surface area contributed by atoms with E-state index in [9.17, 15) is 0 Å². The number of hydrogen-bond acceptors (Lipinski definition) is 0. The number of fused-ring (bicyclic) bond motifs is 2. The zero-order valence-corrected chi connectivity index (χ0v) is 28.7. The van der Waals surface area contributed by atoms with Crippen LogP contribution in [0.15, 0.2) is 121 Å². The van der Waals surface area contributed by atoms with Crippen LogP contribution < -0.4 is 0 Å². The molecule has 6 aromatic rings. The second kappa shape index (κ2) is 17.6. The number of halogens is 2. The third-order valence-corrected chi connectivity index (χ3v) is 6.34. The van der Waals surface area contributed by atoms with Crippen LogP contribution in [-0.4, -0.2) is 9.52 Å². The standard InChI is InChI=1S/2C17H15.C2H6Si.2ClH.Zr/c2*1-13-9-16-8-7-15(12-17(16)10-13)11-14-5-3-2-4-6-14;1-3-2;;;/h2*2-10,12H,11H2,1H3;1-2H3;2*1H;/q2*-1;;;;+4/p-2. The fraction of sp³-hybridized carbons (Fsp3) is 0.167. The maximum atomic E-state index is 4.93. The summed E-state index contributed by atoms with van der Waals surface area (Å²) in [5, 5.41) is 5.41. The SMILES string of the molecule is C[Si]C.Cc1cc2cc(Cc3ccccc3)ccc2[cH-]1.Cc1cc2cc(Cc3ccccc3)ccc2[cH-]1.[Cl][Zr+2][Cl]. The second-order valence-electron chi connectivity index (χ2n) is 9.89. The summed E-state index contributed by atoms with van der Waals surface area (Å²) in [4.78, 5) is 0. The number of aryl methyl sites for hydroxylation is 2. The predicted molar refractivity (Wildman–Crippen MR) is 176 cm³/mol. The fourth-order valence-corrected chi connectivity index (χ4v) is 4.71. The molecule has 0 heterocycles. The van der Waals surface area contributed by atoms with Crippen molar-refractivity contribution in [2.24, 2.45) is 0 Å². The molecule has 0 nitrogen and oxygen atoms in total. The van der Waals surface area contributed by atoms with E-state index in [2.05, 4.69) is 148 Å². The monoisotopic (exact) mass is 656 g/mol. The summed E-state index contributed by atoms with van der Waals surface area (Å²) in [7, 11) is 11.0. The van der Waals surface area contributed by atoms with Gasteiger partial charge in [0.25, 0.3) is 0 Å². The molecule has 0 saturated carbocycles. The van der Waals surface area contributed by atoms with Gasteiger partial charge in [0.05, 0.1) is 0 Å². The summed E-state index contributed by atoms with van der Waals surface area (Å²) in [5.74, 6) is 0. The number of hydrogen-bond donors (Lipinski definition) is 0. The van der Waals surface area contributed by atoms with Crippen molar-refractivity contribution in [2.75, 3.05) is 0 Å². The Hall–Kier alpha value is -2.22. The summed E-state index contributed by atoms with van der Waals surface area (Å²) in [6.45, 7) is 8.60. The van der Waals surface area contributed by atoms with Gasteiger partial charge in [-0.2, -0.15) is 12.1 Å². The van der Waals surface area contributed by atoms with Crippen molar-refractivity contribution in [1.82, 2.24) is 0 Å². The van der Waals surface area contributed by atoms with Crippen LogP contribution in [-0.2, 0) is 33.7 Å². The van der Waals surface area contributed by atoms with Gasteiger partial charge >= 0.3 is 37.9 Å². The quantitative estimate of drug-likeness (QED) is 0.131. The fourth-order valence-electron chi connectivity index (χ4n) is 4.71. The normalized spacial score (nSPS) is 9.95. The van der Waals surface area contributed by atoms with E-state index in [4.69, 9.17) is 17.0 Å². The van der Waals surface area contributed by atoms with Crippen molar-refractivity contribution >= 4 is 48.1 Å². The molecule has 202 valence electrons. The van der Waals surface area contributed by atoms with Gasteiger partial charge in [0.2, 0.25) is 0 Å². The second-order valence-corrected chi connectivity index (χ2v) is 14.6. The van der Waals surface area contributed by atoms with E-state index in [-0.39, 0.29) is 0 Å². The van der Waals surface area contributed by atoms with Crippen molar-refractivity contribution in [2.45, 2.75) is 39.8 Å². The number of rotatable bonds is 4. The topological polar surface area (TPSA) is 0 Å². The summed E-state index contributed by atoms with van der Waals surface area (Å²) >= 11 is -0.826. The Morgan fingerprint density at radius 3 is 1.25 bits per heavy atom. The van der Waals surface area contributed by atoms with Crippen molar-refractivity contribution in [3.8, 4) is 0 Å². The van der Waals surface area contributed by atoms with E-state index in [1.165, 1.54) is 54.9 Å². The summed E-state index contributed by atoms with van der Waals surface area (Å²) in [5.41, 5.74) is 8.20. The van der Waals surface area contributed by atoms with Crippen LogP contribution in [0.3, 0.4) is 0 Å².